The van der Waals surface area contributed by atoms with Crippen LogP contribution in [-0.4, -0.2) is 143 Å². The molecular formula is C63H28Br2N5O20Y-. The van der Waals surface area contributed by atoms with Gasteiger partial charge in [-0.3, -0.25) is 48.3 Å². The van der Waals surface area contributed by atoms with Crippen molar-refractivity contribution in [2.45, 2.75) is 13.8 Å². The van der Waals surface area contributed by atoms with Crippen molar-refractivity contribution in [1.82, 2.24) is 19.6 Å². The normalized spacial score (nSPS) is 16.0. The van der Waals surface area contributed by atoms with E-state index in [0.717, 1.165) is 19.6 Å². The zero-order valence-electron chi connectivity index (χ0n) is 47.0. The molecular weight excluding hydrogens is 1400 g/mol. The van der Waals surface area contributed by atoms with Crippen molar-refractivity contribution in [3.8, 4) is 6.07 Å². The van der Waals surface area contributed by atoms with E-state index in [9.17, 15) is 82.0 Å². The second-order valence-electron chi connectivity index (χ2n) is 21.0. The summed E-state index contributed by atoms with van der Waals surface area (Å²) in [7, 11) is 5.49. The summed E-state index contributed by atoms with van der Waals surface area (Å²) in [6, 6.07) is 18.9. The molecule has 443 valence electrons. The van der Waals surface area contributed by atoms with Crippen molar-refractivity contribution in [2.24, 2.45) is 0 Å². The number of esters is 8. The van der Waals surface area contributed by atoms with Crippen LogP contribution < -0.4 is 0 Å². The fraction of sp³-hybridized carbons (Fsp3) is 0.0952. The molecule has 8 aliphatic rings. The zero-order valence-corrected chi connectivity index (χ0v) is 53.0. The molecule has 16 rings (SSSR count). The first-order chi connectivity index (χ1) is 42.6. The van der Waals surface area contributed by atoms with E-state index in [0.29, 0.717) is 30.8 Å². The van der Waals surface area contributed by atoms with Gasteiger partial charge < -0.3 is 28.6 Å². The third-order valence-electron chi connectivity index (χ3n) is 16.3. The number of aryl methyl sites for hydroxylation is 2. The van der Waals surface area contributed by atoms with Gasteiger partial charge in [0.2, 0.25) is 11.8 Å². The summed E-state index contributed by atoms with van der Waals surface area (Å²) in [4.78, 5) is 199. The van der Waals surface area contributed by atoms with Crippen LogP contribution in [0, 0.1) is 31.2 Å². The Hall–Kier alpha value is -10.5. The van der Waals surface area contributed by atoms with Crippen LogP contribution in [-0.2, 0) is 51.7 Å². The van der Waals surface area contributed by atoms with Crippen LogP contribution in [0.3, 0.4) is 0 Å². The molecule has 0 aliphatic carbocycles. The van der Waals surface area contributed by atoms with Crippen molar-refractivity contribution < 1.29 is 128 Å². The molecule has 8 aromatic carbocycles. The number of nitriles is 1. The fourth-order valence-corrected chi connectivity index (χ4v) is 13.3. The molecule has 8 aliphatic heterocycles. The van der Waals surface area contributed by atoms with E-state index in [1.54, 1.807) is 19.9 Å². The number of carbonyl (C=O) groups is 16. The Bertz CT molecular complexity index is 5060. The number of imide groups is 4. The number of cyclic esters (lactones) is 8. The second-order valence-corrected chi connectivity index (χ2v) is 22.7. The maximum Gasteiger partial charge on any atom is 0.347 e. The molecule has 0 saturated carbocycles. The predicted molar refractivity (Wildman–Crippen MR) is 309 cm³/mol. The minimum atomic E-state index is -0.822. The van der Waals surface area contributed by atoms with Gasteiger partial charge in [-0.2, -0.15) is 5.26 Å². The van der Waals surface area contributed by atoms with Crippen molar-refractivity contribution in [3.63, 3.8) is 0 Å². The van der Waals surface area contributed by atoms with Crippen LogP contribution in [0.2, 0.25) is 0 Å². The first kappa shape index (κ1) is 60.7. The van der Waals surface area contributed by atoms with Gasteiger partial charge in [0.25, 0.3) is 29.5 Å². The van der Waals surface area contributed by atoms with Gasteiger partial charge in [0.15, 0.2) is 5.91 Å². The monoisotopic (exact) mass is 1420 g/mol. The first-order valence-electron chi connectivity index (χ1n) is 26.1. The molecule has 0 aromatic heterocycles. The molecule has 1 radical (unpaired) electrons. The number of carbonyl (C=O) groups excluding carboxylic acids is 16. The quantitative estimate of drug-likeness (QED) is 0.0472. The summed E-state index contributed by atoms with van der Waals surface area (Å²) in [5.41, 5.74) is 3.96. The van der Waals surface area contributed by atoms with Crippen molar-refractivity contribution in [2.75, 3.05) is 28.2 Å². The standard InChI is InChI=1S/C18H11N3O4.C16H8BrN2O4.C15H5BrO6.C14H4O6.Y/c1-7-4-9-14-12(18(25)21(3)15(9)22)8(6-19)5-10-13(14)11(7)17(24)20(2)16(10)23;1-18-13(20)6-3-4-7-11-10(6)8(15(18)22)5-9(17)12(11)16(23)19(2)14(7)21;1-4-2-5-10-9-6(13(18)21-14(19)8(4)9)3-7(16)11(10)15(20)22-12(5)17;15-11-5-1-2-6-10-8(14(18)20-12(6)16)4-3-7(9(5)10)13(17)19-11;/h4-5H,1-3H3;4-5H,1-2H3;2-3H,1H3;1-4H;/q;-1;;;. The number of nitrogens with zero attached hydrogens (tertiary/aromatic N) is 5. The Morgan fingerprint density at radius 3 is 1.20 bits per heavy atom. The third-order valence-corrected chi connectivity index (χ3v) is 17.5. The van der Waals surface area contributed by atoms with Crippen molar-refractivity contribution in [3.05, 3.63) is 181 Å². The fourth-order valence-electron chi connectivity index (χ4n) is 12.1. The van der Waals surface area contributed by atoms with Gasteiger partial charge in [0.05, 0.1) is 66.8 Å². The second kappa shape index (κ2) is 21.1. The summed E-state index contributed by atoms with van der Waals surface area (Å²) >= 11 is 6.51. The molecule has 0 fully saturated rings. The van der Waals surface area contributed by atoms with E-state index in [-0.39, 0.29) is 160 Å². The van der Waals surface area contributed by atoms with Crippen LogP contribution in [0.25, 0.3) is 43.1 Å². The average molecular weight is 1420 g/mol. The van der Waals surface area contributed by atoms with E-state index >= 15 is 0 Å². The van der Waals surface area contributed by atoms with Crippen LogP contribution in [0.4, 0.5) is 0 Å². The van der Waals surface area contributed by atoms with Gasteiger partial charge in [-0.1, -0.05) is 32.3 Å². The SMILES string of the molecule is CN1C(=O)c2[c-]cc3c4c(c(Br)cc(c24)C1=O)C(=O)N(C)C3=O.Cc1cc2c3c(c(Br)cc4c3c1C(=O)OC4=O)C(=O)OC2=O.Cc1cc2c3c(c(C#N)cc4c3c1C(=O)N(C)C4=O)C(=O)N(C)C2=O.O=C1OC(=O)c2ccc3c4c(ccc1c24)C(=O)OC3=O.[Y]. The smallest absolute Gasteiger partial charge is 0.347 e. The Morgan fingerprint density at radius 1 is 0.352 bits per heavy atom. The number of ether oxygens (including phenoxy) is 4. The van der Waals surface area contributed by atoms with Gasteiger partial charge in [0, 0.05) is 119 Å². The van der Waals surface area contributed by atoms with Crippen molar-refractivity contribution >= 4 is 170 Å². The molecule has 28 heteroatoms. The van der Waals surface area contributed by atoms with Crippen LogP contribution in [0.15, 0.2) is 69.6 Å². The number of hydrogen-bond donors (Lipinski definition) is 0. The van der Waals surface area contributed by atoms with Gasteiger partial charge in [-0.25, -0.2) is 38.4 Å². The number of amides is 8. The number of hydrogen-bond acceptors (Lipinski definition) is 21. The molecule has 8 amide bonds. The largest absolute Gasteiger partial charge is 0.386 e. The maximum absolute atomic E-state index is 12.6. The molecule has 0 bridgehead atoms. The summed E-state index contributed by atoms with van der Waals surface area (Å²) < 4.78 is 19.4. The molecule has 91 heavy (non-hydrogen) atoms. The van der Waals surface area contributed by atoms with Gasteiger partial charge in [0.1, 0.15) is 6.07 Å². The van der Waals surface area contributed by atoms with E-state index < -0.39 is 95.0 Å². The molecule has 0 saturated heterocycles. The van der Waals surface area contributed by atoms with E-state index in [1.165, 1.54) is 82.8 Å². The maximum atomic E-state index is 12.6. The Balaban J connectivity index is 0.000000117. The molecule has 0 N–H and O–H groups in total. The Kier molecular flexibility index (Phi) is 14.1. The molecule has 0 atom stereocenters. The van der Waals surface area contributed by atoms with Crippen LogP contribution in [0.1, 0.15) is 182 Å². The summed E-state index contributed by atoms with van der Waals surface area (Å²) in [5, 5.41) is 11.7. The van der Waals surface area contributed by atoms with Gasteiger partial charge >= 0.3 is 47.8 Å². The van der Waals surface area contributed by atoms with E-state index in [2.05, 4.69) is 47.4 Å². The molecule has 8 heterocycles. The predicted octanol–water partition coefficient (Wildman–Crippen LogP) is 7.32. The van der Waals surface area contributed by atoms with E-state index in [4.69, 9.17) is 9.47 Å². The molecule has 8 aromatic rings. The number of benzene rings is 8. The van der Waals surface area contributed by atoms with Gasteiger partial charge in [-0.15, -0.1) is 12.1 Å². The van der Waals surface area contributed by atoms with Gasteiger partial charge in [-0.05, 0) is 101 Å². The molecule has 0 unspecified atom stereocenters. The van der Waals surface area contributed by atoms with Crippen LogP contribution >= 0.6 is 31.9 Å². The van der Waals surface area contributed by atoms with E-state index in [1.807, 2.05) is 6.07 Å². The number of halogens is 2. The third kappa shape index (κ3) is 8.39. The van der Waals surface area contributed by atoms with Crippen molar-refractivity contribution in [1.29, 1.82) is 5.26 Å². The topological polar surface area (TPSA) is 347 Å². The molecule has 25 nitrogen and oxygen atoms in total. The minimum absolute atomic E-state index is 0. The van der Waals surface area contributed by atoms with Crippen LogP contribution in [0.5, 0.6) is 0 Å². The first-order valence-corrected chi connectivity index (χ1v) is 27.7. The summed E-state index contributed by atoms with van der Waals surface area (Å²) in [5.74, 6) is -10.5. The average Bonchev–Trinajstić information content (AvgIpc) is 0.731. The number of rotatable bonds is 0. The Labute approximate surface area is 548 Å². The molecule has 0 spiro atoms. The minimum Gasteiger partial charge on any atom is -0.386 e. The Morgan fingerprint density at radius 2 is 0.681 bits per heavy atom. The summed E-state index contributed by atoms with van der Waals surface area (Å²) in [6.45, 7) is 3.30. The summed E-state index contributed by atoms with van der Waals surface area (Å²) in [6.07, 6.45) is 0. The zero-order chi connectivity index (χ0) is 64.6.